The van der Waals surface area contributed by atoms with Crippen molar-refractivity contribution in [1.29, 1.82) is 0 Å². The van der Waals surface area contributed by atoms with E-state index in [4.69, 9.17) is 9.47 Å². The third kappa shape index (κ3) is 4.95. The van der Waals surface area contributed by atoms with Gasteiger partial charge in [-0.25, -0.2) is 0 Å². The van der Waals surface area contributed by atoms with E-state index >= 15 is 0 Å². The van der Waals surface area contributed by atoms with Crippen molar-refractivity contribution in [3.05, 3.63) is 173 Å². The Balaban J connectivity index is 1.07. The van der Waals surface area contributed by atoms with Crippen molar-refractivity contribution >= 4 is 57.2 Å². The quantitative estimate of drug-likeness (QED) is 0.163. The fourth-order valence-electron chi connectivity index (χ4n) is 11.8. The van der Waals surface area contributed by atoms with Gasteiger partial charge < -0.3 is 19.3 Å². The lowest BCUT2D eigenvalue weighted by molar-refractivity contribution is 0.318. The molecule has 12 rings (SSSR count). The van der Waals surface area contributed by atoms with E-state index in [1.54, 1.807) is 0 Å². The molecule has 0 spiro atoms. The van der Waals surface area contributed by atoms with E-state index in [1.165, 1.54) is 56.1 Å². The number of anilines is 6. The zero-order chi connectivity index (χ0) is 41.8. The van der Waals surface area contributed by atoms with Gasteiger partial charge in [-0.05, 0) is 105 Å². The topological polar surface area (TPSA) is 24.9 Å². The van der Waals surface area contributed by atoms with Crippen LogP contribution in [0.15, 0.2) is 140 Å². The Morgan fingerprint density at radius 3 is 1.30 bits per heavy atom. The molecule has 0 aromatic heterocycles. The first-order valence-corrected chi connectivity index (χ1v) is 22.1. The molecule has 300 valence electrons. The number of hydrogen-bond donors (Lipinski definition) is 0. The van der Waals surface area contributed by atoms with Gasteiger partial charge in [-0.3, -0.25) is 0 Å². The Labute approximate surface area is 360 Å². The normalized spacial score (nSPS) is 18.4. The molecule has 1 aliphatic carbocycles. The predicted octanol–water partition coefficient (Wildman–Crippen LogP) is 13.0. The average Bonchev–Trinajstić information content (AvgIpc) is 3.25. The number of rotatable bonds is 2. The predicted molar refractivity (Wildman–Crippen MR) is 253 cm³/mol. The first-order valence-electron chi connectivity index (χ1n) is 22.1. The molecule has 0 unspecified atom stereocenters. The zero-order valence-corrected chi connectivity index (χ0v) is 36.5. The second-order valence-corrected chi connectivity index (χ2v) is 20.4. The van der Waals surface area contributed by atoms with E-state index in [1.807, 2.05) is 0 Å². The molecule has 4 aliphatic heterocycles. The molecule has 7 aromatic carbocycles. The van der Waals surface area contributed by atoms with Crippen LogP contribution in [0, 0.1) is 0 Å². The van der Waals surface area contributed by atoms with Crippen molar-refractivity contribution < 1.29 is 9.47 Å². The van der Waals surface area contributed by atoms with Crippen LogP contribution in [0.4, 0.5) is 34.1 Å². The minimum atomic E-state index is -0.138. The monoisotopic (exact) mass is 794 g/mol. The van der Waals surface area contributed by atoms with Gasteiger partial charge in [0.05, 0.1) is 22.7 Å². The molecular weight excluding hydrogens is 743 g/mol. The number of hydrogen-bond acceptors (Lipinski definition) is 4. The summed E-state index contributed by atoms with van der Waals surface area (Å²) in [5.74, 6) is 3.69. The summed E-state index contributed by atoms with van der Waals surface area (Å²) in [7, 11) is 0. The van der Waals surface area contributed by atoms with Crippen LogP contribution in [0.5, 0.6) is 23.0 Å². The van der Waals surface area contributed by atoms with Crippen molar-refractivity contribution in [2.45, 2.75) is 89.9 Å². The van der Waals surface area contributed by atoms with E-state index < -0.39 is 0 Å². The van der Waals surface area contributed by atoms with Gasteiger partial charge in [-0.15, -0.1) is 0 Å². The molecular formula is C56H51BN2O2. The fraction of sp³-hybridized carbons (Fsp3) is 0.250. The third-order valence-corrected chi connectivity index (χ3v) is 15.2. The lowest BCUT2D eigenvalue weighted by atomic mass is 9.34. The number of nitrogens with zero attached hydrogens (tertiary/aromatic N) is 2. The number of fused-ring (bicyclic) bond motifs is 10. The van der Waals surface area contributed by atoms with E-state index in [0.29, 0.717) is 0 Å². The van der Waals surface area contributed by atoms with Crippen LogP contribution < -0.4 is 35.7 Å². The van der Waals surface area contributed by atoms with E-state index in [-0.39, 0.29) is 28.4 Å². The highest BCUT2D eigenvalue weighted by atomic mass is 16.5. The summed E-state index contributed by atoms with van der Waals surface area (Å²) in [4.78, 5) is 4.87. The number of ether oxygens (including phenoxy) is 2. The molecule has 7 aromatic rings. The Bertz CT molecular complexity index is 2920. The number of benzene rings is 7. The largest absolute Gasteiger partial charge is 0.458 e. The molecule has 0 bridgehead atoms. The molecule has 5 heteroatoms. The molecule has 0 saturated heterocycles. The summed E-state index contributed by atoms with van der Waals surface area (Å²) in [5, 5.41) is 0. The molecule has 4 nitrogen and oxygen atoms in total. The van der Waals surface area contributed by atoms with E-state index in [2.05, 4.69) is 205 Å². The van der Waals surface area contributed by atoms with Gasteiger partial charge in [0.1, 0.15) is 23.0 Å². The molecule has 0 saturated carbocycles. The van der Waals surface area contributed by atoms with Crippen LogP contribution >= 0.6 is 0 Å². The second kappa shape index (κ2) is 12.2. The highest BCUT2D eigenvalue weighted by molar-refractivity contribution is 6.98. The lowest BCUT2D eigenvalue weighted by Crippen LogP contribution is -2.58. The summed E-state index contributed by atoms with van der Waals surface area (Å²) in [6.07, 6.45) is 2.19. The maximum absolute atomic E-state index is 7.42. The van der Waals surface area contributed by atoms with Crippen LogP contribution in [-0.2, 0) is 21.7 Å². The lowest BCUT2D eigenvalue weighted by Gasteiger charge is -2.46. The maximum Gasteiger partial charge on any atom is 0.260 e. The Hall–Kier alpha value is -6.20. The van der Waals surface area contributed by atoms with Crippen molar-refractivity contribution in [3.8, 4) is 23.0 Å². The van der Waals surface area contributed by atoms with Gasteiger partial charge in [-0.1, -0.05) is 140 Å². The van der Waals surface area contributed by atoms with Crippen molar-refractivity contribution in [2.24, 2.45) is 0 Å². The maximum atomic E-state index is 7.42. The van der Waals surface area contributed by atoms with Crippen LogP contribution in [0.1, 0.15) is 102 Å². The van der Waals surface area contributed by atoms with Gasteiger partial charge in [-0.2, -0.15) is 0 Å². The fourth-order valence-corrected chi connectivity index (χ4v) is 11.8. The summed E-state index contributed by atoms with van der Waals surface area (Å²) < 4.78 is 14.6. The van der Waals surface area contributed by atoms with Crippen LogP contribution in [0.2, 0.25) is 0 Å². The van der Waals surface area contributed by atoms with E-state index in [0.717, 1.165) is 63.6 Å². The second-order valence-electron chi connectivity index (χ2n) is 20.4. The highest BCUT2D eigenvalue weighted by Gasteiger charge is 2.48. The van der Waals surface area contributed by atoms with Crippen molar-refractivity contribution in [2.75, 3.05) is 9.80 Å². The zero-order valence-electron chi connectivity index (χ0n) is 36.5. The molecule has 0 N–H and O–H groups in total. The minimum Gasteiger partial charge on any atom is -0.458 e. The number of para-hydroxylation sites is 4. The van der Waals surface area contributed by atoms with Crippen LogP contribution in [-0.4, -0.2) is 6.71 Å². The van der Waals surface area contributed by atoms with Gasteiger partial charge in [0.25, 0.3) is 6.71 Å². The molecule has 4 heterocycles. The summed E-state index contributed by atoms with van der Waals surface area (Å²) in [6, 6.07) is 51.7. The van der Waals surface area contributed by atoms with E-state index in [9.17, 15) is 0 Å². The van der Waals surface area contributed by atoms with Crippen LogP contribution in [0.3, 0.4) is 0 Å². The molecule has 0 amide bonds. The summed E-state index contributed by atoms with van der Waals surface area (Å²) in [5.41, 5.74) is 18.0. The molecule has 61 heavy (non-hydrogen) atoms. The Kier molecular flexibility index (Phi) is 7.34. The minimum absolute atomic E-state index is 0.0368. The molecule has 5 aliphatic rings. The van der Waals surface area contributed by atoms with Crippen molar-refractivity contribution in [3.63, 3.8) is 0 Å². The Morgan fingerprint density at radius 1 is 0.426 bits per heavy atom. The SMILES string of the molecule is CC1(C)CCC(C)(C)c2c1cc1c3c2Oc2cc(N4c5ccccc5C(C)(C)c5ccccc54)ccc2B3c2ccc(N3c4ccccc4C(C)(C)c4ccccc43)cc2O1. The molecule has 0 radical (unpaired) electrons. The van der Waals surface area contributed by atoms with Gasteiger partial charge >= 0.3 is 0 Å². The van der Waals surface area contributed by atoms with Gasteiger partial charge in [0.15, 0.2) is 0 Å². The summed E-state index contributed by atoms with van der Waals surface area (Å²) in [6.45, 7) is 18.9. The smallest absolute Gasteiger partial charge is 0.260 e. The first-order chi connectivity index (χ1) is 29.3. The van der Waals surface area contributed by atoms with Crippen LogP contribution in [0.25, 0.3) is 0 Å². The summed E-state index contributed by atoms with van der Waals surface area (Å²) >= 11 is 0. The highest BCUT2D eigenvalue weighted by Crippen LogP contribution is 2.56. The van der Waals surface area contributed by atoms with Crippen molar-refractivity contribution in [1.82, 2.24) is 0 Å². The third-order valence-electron chi connectivity index (χ3n) is 15.2. The molecule has 0 atom stereocenters. The van der Waals surface area contributed by atoms with Gasteiger partial charge in [0, 0.05) is 45.4 Å². The standard InChI is InChI=1S/C56H51BN2O2/c1-53(2)29-30-54(3,4)50-40(53)33-49-51-52(50)61-48-32-35(59-45-23-15-11-19-38(45)56(7,8)39-20-12-16-24-46(39)59)26-28-42(48)57(51)41-27-25-34(31-47(41)60-49)58-43-21-13-9-17-36(43)55(5,6)37-18-10-14-22-44(37)58/h9-28,31-33H,29-30H2,1-8H3. The average molecular weight is 795 g/mol. The molecule has 0 fully saturated rings. The first kappa shape index (κ1) is 36.6. The van der Waals surface area contributed by atoms with Gasteiger partial charge in [0.2, 0.25) is 0 Å². The Morgan fingerprint density at radius 2 is 0.836 bits per heavy atom.